The van der Waals surface area contributed by atoms with E-state index in [9.17, 15) is 0 Å². The molecule has 0 aliphatic carbocycles. The minimum absolute atomic E-state index is 0. The van der Waals surface area contributed by atoms with Crippen molar-refractivity contribution in [2.24, 2.45) is 0 Å². The number of para-hydroxylation sites is 4. The standard InChI is InChI=1S/C51H35N5.Pt/c1-31-26-27-52-47(28-31)56-45-29-34(22-24-39(45)40-25-23-35(30-46(40)56)48-32(2)12-9-13-33(48)3)37-17-11-21-44-50(37)54-51(55(44)36-14-5-4-6-15-36)42-19-10-18-41-38-16-7-8-20-43(38)53-49(41)42;/h4-28,30H,1-3H3;/q-2;+2. The molecular weight excluding hydrogens is 878 g/mol. The van der Waals surface area contributed by atoms with Gasteiger partial charge in [0.25, 0.3) is 0 Å². The van der Waals surface area contributed by atoms with Crippen LogP contribution in [-0.4, -0.2) is 19.1 Å². The number of benzene rings is 7. The molecule has 0 radical (unpaired) electrons. The maximum absolute atomic E-state index is 5.52. The fourth-order valence-corrected chi connectivity index (χ4v) is 8.72. The molecule has 4 aromatic heterocycles. The van der Waals surface area contributed by atoms with Crippen molar-refractivity contribution in [1.82, 2.24) is 24.1 Å². The molecule has 0 spiro atoms. The Balaban J connectivity index is 0.00000396. The second-order valence-electron chi connectivity index (χ2n) is 14.8. The van der Waals surface area contributed by atoms with Crippen molar-refractivity contribution in [3.8, 4) is 45.1 Å². The maximum atomic E-state index is 5.52. The first-order valence-corrected chi connectivity index (χ1v) is 19.0. The fourth-order valence-electron chi connectivity index (χ4n) is 8.72. The van der Waals surface area contributed by atoms with Gasteiger partial charge in [-0.05, 0) is 107 Å². The van der Waals surface area contributed by atoms with Crippen molar-refractivity contribution in [3.63, 3.8) is 0 Å². The summed E-state index contributed by atoms with van der Waals surface area (Å²) in [5.41, 5.74) is 16.1. The molecule has 0 atom stereocenters. The Morgan fingerprint density at radius 1 is 0.579 bits per heavy atom. The molecule has 7 aromatic carbocycles. The van der Waals surface area contributed by atoms with Gasteiger partial charge in [0.15, 0.2) is 0 Å². The molecule has 0 N–H and O–H groups in total. The molecule has 0 aliphatic heterocycles. The molecule has 0 fully saturated rings. The van der Waals surface area contributed by atoms with Gasteiger partial charge >= 0.3 is 21.1 Å². The number of aromatic nitrogens is 5. The third-order valence-electron chi connectivity index (χ3n) is 11.3. The summed E-state index contributed by atoms with van der Waals surface area (Å²) in [6.07, 6.45) is 1.89. The molecule has 11 aromatic rings. The molecule has 0 saturated heterocycles. The van der Waals surface area contributed by atoms with E-state index in [-0.39, 0.29) is 21.1 Å². The number of fused-ring (bicyclic) bond motifs is 7. The molecule has 11 rings (SSSR count). The van der Waals surface area contributed by atoms with E-state index in [1.807, 2.05) is 18.3 Å². The van der Waals surface area contributed by atoms with Gasteiger partial charge in [0.05, 0.1) is 11.0 Å². The Hall–Kier alpha value is -6.55. The van der Waals surface area contributed by atoms with Crippen molar-refractivity contribution in [1.29, 1.82) is 0 Å². The third-order valence-corrected chi connectivity index (χ3v) is 11.3. The van der Waals surface area contributed by atoms with Crippen molar-refractivity contribution in [2.45, 2.75) is 20.8 Å². The van der Waals surface area contributed by atoms with Gasteiger partial charge in [0.1, 0.15) is 11.6 Å². The summed E-state index contributed by atoms with van der Waals surface area (Å²) >= 11 is 0. The van der Waals surface area contributed by atoms with Crippen LogP contribution in [0.25, 0.3) is 99.8 Å². The van der Waals surface area contributed by atoms with Gasteiger partial charge in [0, 0.05) is 23.0 Å². The molecule has 4 heterocycles. The first-order chi connectivity index (χ1) is 27.5. The number of imidazole rings is 1. The van der Waals surface area contributed by atoms with Crippen LogP contribution >= 0.6 is 0 Å². The van der Waals surface area contributed by atoms with E-state index in [1.165, 1.54) is 22.3 Å². The first kappa shape index (κ1) is 34.9. The van der Waals surface area contributed by atoms with Crippen molar-refractivity contribution in [3.05, 3.63) is 181 Å². The van der Waals surface area contributed by atoms with Crippen LogP contribution in [0.2, 0.25) is 0 Å². The van der Waals surface area contributed by atoms with Crippen molar-refractivity contribution >= 4 is 54.6 Å². The van der Waals surface area contributed by atoms with Crippen LogP contribution in [0.1, 0.15) is 16.7 Å². The monoisotopic (exact) mass is 912 g/mol. The predicted molar refractivity (Wildman–Crippen MR) is 231 cm³/mol. The van der Waals surface area contributed by atoms with E-state index in [0.717, 1.165) is 94.2 Å². The average Bonchev–Trinajstić information content (AvgIpc) is 3.90. The summed E-state index contributed by atoms with van der Waals surface area (Å²) in [6, 6.07) is 57.6. The smallest absolute Gasteiger partial charge is 0.656 e. The van der Waals surface area contributed by atoms with Crippen LogP contribution in [0.15, 0.2) is 158 Å². The molecule has 0 amide bonds. The van der Waals surface area contributed by atoms with E-state index >= 15 is 0 Å². The van der Waals surface area contributed by atoms with Crippen LogP contribution in [0, 0.1) is 26.8 Å². The van der Waals surface area contributed by atoms with Crippen LogP contribution in [0.5, 0.6) is 0 Å². The van der Waals surface area contributed by atoms with Gasteiger partial charge in [-0.2, -0.15) is 0 Å². The summed E-state index contributed by atoms with van der Waals surface area (Å²) in [4.78, 5) is 15.6. The van der Waals surface area contributed by atoms with E-state index in [4.69, 9.17) is 15.0 Å². The number of rotatable bonds is 5. The van der Waals surface area contributed by atoms with Gasteiger partial charge in [-0.15, -0.1) is 34.8 Å². The van der Waals surface area contributed by atoms with Crippen LogP contribution in [0.3, 0.4) is 0 Å². The summed E-state index contributed by atoms with van der Waals surface area (Å²) in [5, 5.41) is 4.57. The minimum atomic E-state index is 0. The van der Waals surface area contributed by atoms with Crippen LogP contribution in [0.4, 0.5) is 0 Å². The molecular formula is C51H35N5Pt. The van der Waals surface area contributed by atoms with Crippen molar-refractivity contribution in [2.75, 3.05) is 0 Å². The molecule has 0 unspecified atom stereocenters. The van der Waals surface area contributed by atoms with Gasteiger partial charge < -0.3 is 9.55 Å². The number of nitrogens with zero attached hydrogens (tertiary/aromatic N) is 5. The van der Waals surface area contributed by atoms with E-state index in [0.29, 0.717) is 0 Å². The maximum Gasteiger partial charge on any atom is 2.00 e. The zero-order chi connectivity index (χ0) is 37.5. The van der Waals surface area contributed by atoms with E-state index < -0.39 is 0 Å². The summed E-state index contributed by atoms with van der Waals surface area (Å²) in [6.45, 7) is 6.49. The molecule has 0 saturated carbocycles. The molecule has 6 heteroatoms. The number of hydrogen-bond donors (Lipinski definition) is 0. The number of hydrogen-bond acceptors (Lipinski definition) is 2. The van der Waals surface area contributed by atoms with Gasteiger partial charge in [-0.3, -0.25) is 4.57 Å². The predicted octanol–water partition coefficient (Wildman–Crippen LogP) is 12.5. The van der Waals surface area contributed by atoms with Gasteiger partial charge in [-0.1, -0.05) is 114 Å². The number of aryl methyl sites for hydroxylation is 3. The summed E-state index contributed by atoms with van der Waals surface area (Å²) in [5.74, 6) is 1.72. The zero-order valence-corrected chi connectivity index (χ0v) is 33.8. The molecule has 274 valence electrons. The van der Waals surface area contributed by atoms with Crippen LogP contribution in [-0.2, 0) is 21.1 Å². The quantitative estimate of drug-likeness (QED) is 0.162. The second kappa shape index (κ2) is 13.6. The fraction of sp³-hybridized carbons (Fsp3) is 0.0588. The SMILES string of the molecule is Cc1ccnc(-n2c3[c-]c(-c4cccc5c4nc(-c4cccc6c4[n-]c4ccccc46)n5-c4ccccc4)ccc3c3ccc(-c4c(C)cccc4C)cc32)c1.[Pt+2]. The summed E-state index contributed by atoms with van der Waals surface area (Å²) in [7, 11) is 0. The number of pyridine rings is 1. The van der Waals surface area contributed by atoms with Gasteiger partial charge in [-0.25, -0.2) is 9.97 Å². The normalized spacial score (nSPS) is 11.6. The topological polar surface area (TPSA) is 49.7 Å². The van der Waals surface area contributed by atoms with Crippen molar-refractivity contribution < 1.29 is 21.1 Å². The molecule has 0 bridgehead atoms. The van der Waals surface area contributed by atoms with Crippen LogP contribution < -0.4 is 4.98 Å². The largest absolute Gasteiger partial charge is 2.00 e. The average molecular weight is 913 g/mol. The zero-order valence-electron chi connectivity index (χ0n) is 31.6. The Bertz CT molecular complexity index is 3330. The Labute approximate surface area is 344 Å². The third kappa shape index (κ3) is 5.49. The molecule has 57 heavy (non-hydrogen) atoms. The minimum Gasteiger partial charge on any atom is -0.656 e. The first-order valence-electron chi connectivity index (χ1n) is 19.0. The Kier molecular flexibility index (Phi) is 8.32. The van der Waals surface area contributed by atoms with Gasteiger partial charge in [0.2, 0.25) is 0 Å². The Morgan fingerprint density at radius 2 is 1.32 bits per heavy atom. The van der Waals surface area contributed by atoms with E-state index in [1.54, 1.807) is 0 Å². The summed E-state index contributed by atoms with van der Waals surface area (Å²) < 4.78 is 4.55. The van der Waals surface area contributed by atoms with E-state index in [2.05, 4.69) is 175 Å². The second-order valence-corrected chi connectivity index (χ2v) is 14.8. The molecule has 0 aliphatic rings. The molecule has 5 nitrogen and oxygen atoms in total. The Morgan fingerprint density at radius 3 is 2.16 bits per heavy atom.